The van der Waals surface area contributed by atoms with E-state index in [-0.39, 0.29) is 10.9 Å². The van der Waals surface area contributed by atoms with Crippen LogP contribution in [0.25, 0.3) is 5.82 Å². The number of carbonyl (C=O) groups is 1. The Morgan fingerprint density at radius 1 is 1.04 bits per heavy atom. The molecule has 1 N–H and O–H groups in total. The molecule has 0 aliphatic rings. The molecule has 3 aromatic rings. The maximum absolute atomic E-state index is 12.5. The van der Waals surface area contributed by atoms with Gasteiger partial charge < -0.3 is 5.32 Å². The maximum Gasteiger partial charge on any atom is 0.258 e. The van der Waals surface area contributed by atoms with Crippen LogP contribution < -0.4 is 5.32 Å². The topological polar surface area (TPSA) is 72.7 Å². The number of aromatic nitrogens is 4. The molecule has 0 radical (unpaired) electrons. The van der Waals surface area contributed by atoms with E-state index >= 15 is 0 Å². The number of hydrogen-bond donors (Lipinski definition) is 1. The Kier molecular flexibility index (Phi) is 4.51. The highest BCUT2D eigenvalue weighted by atomic mass is 35.5. The first kappa shape index (κ1) is 16.4. The van der Waals surface area contributed by atoms with Gasteiger partial charge in [-0.2, -0.15) is 14.9 Å². The molecule has 2 aromatic heterocycles. The van der Waals surface area contributed by atoms with Gasteiger partial charge in [0.05, 0.1) is 22.0 Å². The van der Waals surface area contributed by atoms with E-state index < -0.39 is 0 Å². The van der Waals surface area contributed by atoms with Crippen LogP contribution in [0.4, 0.5) is 5.82 Å². The number of anilines is 1. The summed E-state index contributed by atoms with van der Waals surface area (Å²) in [6.45, 7) is 3.67. The number of amides is 1. The van der Waals surface area contributed by atoms with Crippen molar-refractivity contribution in [3.63, 3.8) is 0 Å². The van der Waals surface area contributed by atoms with Crippen LogP contribution in [-0.2, 0) is 0 Å². The fourth-order valence-electron chi connectivity index (χ4n) is 2.13. The molecule has 24 heavy (non-hydrogen) atoms. The van der Waals surface area contributed by atoms with Crippen LogP contribution >= 0.6 is 23.2 Å². The molecule has 0 bridgehead atoms. The second-order valence-corrected chi connectivity index (χ2v) is 6.04. The first-order valence-electron chi connectivity index (χ1n) is 7.08. The SMILES string of the molecule is Cc1ccc(-n2nc(C)cc2NC(=O)c2ccc(Cl)cc2Cl)nn1. The van der Waals surface area contributed by atoms with E-state index in [1.807, 2.05) is 19.9 Å². The van der Waals surface area contributed by atoms with Crippen molar-refractivity contribution in [2.24, 2.45) is 0 Å². The van der Waals surface area contributed by atoms with Crippen molar-refractivity contribution >= 4 is 34.9 Å². The minimum atomic E-state index is -0.363. The minimum Gasteiger partial charge on any atom is -0.306 e. The van der Waals surface area contributed by atoms with E-state index in [1.165, 1.54) is 10.7 Å². The molecule has 0 saturated heterocycles. The number of nitrogens with one attached hydrogen (secondary N) is 1. The molecular formula is C16H13Cl2N5O. The smallest absolute Gasteiger partial charge is 0.258 e. The molecule has 0 saturated carbocycles. The summed E-state index contributed by atoms with van der Waals surface area (Å²) in [7, 11) is 0. The number of rotatable bonds is 3. The predicted molar refractivity (Wildman–Crippen MR) is 93.0 cm³/mol. The summed E-state index contributed by atoms with van der Waals surface area (Å²) in [5, 5.41) is 16.0. The van der Waals surface area contributed by atoms with Gasteiger partial charge in [0.2, 0.25) is 0 Å². The zero-order chi connectivity index (χ0) is 17.3. The average Bonchev–Trinajstić information content (AvgIpc) is 2.88. The fourth-order valence-corrected chi connectivity index (χ4v) is 2.62. The minimum absolute atomic E-state index is 0.276. The molecule has 122 valence electrons. The number of carbonyl (C=O) groups excluding carboxylic acids is 1. The Hall–Kier alpha value is -2.44. The lowest BCUT2D eigenvalue weighted by atomic mass is 10.2. The van der Waals surface area contributed by atoms with Crippen molar-refractivity contribution < 1.29 is 4.79 Å². The number of benzene rings is 1. The van der Waals surface area contributed by atoms with E-state index in [4.69, 9.17) is 23.2 Å². The third-order valence-corrected chi connectivity index (χ3v) is 3.80. The van der Waals surface area contributed by atoms with Crippen LogP contribution in [0, 0.1) is 13.8 Å². The van der Waals surface area contributed by atoms with E-state index in [9.17, 15) is 4.79 Å². The highest BCUT2D eigenvalue weighted by Gasteiger charge is 2.15. The Morgan fingerprint density at radius 2 is 1.83 bits per heavy atom. The fraction of sp³-hybridized carbons (Fsp3) is 0.125. The van der Waals surface area contributed by atoms with Gasteiger partial charge in [-0.05, 0) is 44.2 Å². The Bertz CT molecular complexity index is 905. The largest absolute Gasteiger partial charge is 0.306 e. The van der Waals surface area contributed by atoms with Gasteiger partial charge in [-0.15, -0.1) is 5.10 Å². The van der Waals surface area contributed by atoms with E-state index in [1.54, 1.807) is 24.3 Å². The standard InChI is InChI=1S/C16H13Cl2N5O/c1-9-3-6-14(21-20-9)23-15(7-10(2)22-23)19-16(24)12-5-4-11(17)8-13(12)18/h3-8H,1-2H3,(H,19,24). The molecule has 0 spiro atoms. The third-order valence-electron chi connectivity index (χ3n) is 3.25. The number of hydrogen-bond acceptors (Lipinski definition) is 4. The van der Waals surface area contributed by atoms with Crippen molar-refractivity contribution in [1.82, 2.24) is 20.0 Å². The van der Waals surface area contributed by atoms with Gasteiger partial charge in [0.1, 0.15) is 5.82 Å². The van der Waals surface area contributed by atoms with Crippen molar-refractivity contribution in [3.8, 4) is 5.82 Å². The molecule has 1 aromatic carbocycles. The molecule has 0 fully saturated rings. The van der Waals surface area contributed by atoms with E-state index in [0.717, 1.165) is 11.4 Å². The van der Waals surface area contributed by atoms with E-state index in [0.29, 0.717) is 22.2 Å². The molecule has 0 unspecified atom stereocenters. The Morgan fingerprint density at radius 3 is 2.50 bits per heavy atom. The first-order chi connectivity index (χ1) is 11.4. The quantitative estimate of drug-likeness (QED) is 0.768. The lowest BCUT2D eigenvalue weighted by molar-refractivity contribution is 0.102. The van der Waals surface area contributed by atoms with Crippen LogP contribution in [-0.4, -0.2) is 25.9 Å². The van der Waals surface area contributed by atoms with Gasteiger partial charge in [-0.3, -0.25) is 4.79 Å². The number of halogens is 2. The highest BCUT2D eigenvalue weighted by Crippen LogP contribution is 2.23. The van der Waals surface area contributed by atoms with Crippen LogP contribution in [0.1, 0.15) is 21.7 Å². The van der Waals surface area contributed by atoms with Gasteiger partial charge >= 0.3 is 0 Å². The molecular weight excluding hydrogens is 349 g/mol. The molecule has 0 aliphatic carbocycles. The normalized spacial score (nSPS) is 10.7. The summed E-state index contributed by atoms with van der Waals surface area (Å²) < 4.78 is 1.52. The molecule has 6 nitrogen and oxygen atoms in total. The highest BCUT2D eigenvalue weighted by molar-refractivity contribution is 6.37. The van der Waals surface area contributed by atoms with Gasteiger partial charge in [-0.1, -0.05) is 23.2 Å². The van der Waals surface area contributed by atoms with Crippen molar-refractivity contribution in [3.05, 3.63) is 63.4 Å². The van der Waals surface area contributed by atoms with Crippen molar-refractivity contribution in [2.45, 2.75) is 13.8 Å². The zero-order valence-corrected chi connectivity index (χ0v) is 14.4. The van der Waals surface area contributed by atoms with Crippen LogP contribution in [0.2, 0.25) is 10.0 Å². The molecule has 0 atom stereocenters. The van der Waals surface area contributed by atoms with E-state index in [2.05, 4.69) is 20.6 Å². The second kappa shape index (κ2) is 6.59. The van der Waals surface area contributed by atoms with Gasteiger partial charge in [0, 0.05) is 11.1 Å². The van der Waals surface area contributed by atoms with Gasteiger partial charge in [0.25, 0.3) is 5.91 Å². The average molecular weight is 362 g/mol. The Balaban J connectivity index is 1.93. The maximum atomic E-state index is 12.5. The molecule has 2 heterocycles. The predicted octanol–water partition coefficient (Wildman–Crippen LogP) is 3.84. The monoisotopic (exact) mass is 361 g/mol. The van der Waals surface area contributed by atoms with Crippen molar-refractivity contribution in [1.29, 1.82) is 0 Å². The summed E-state index contributed by atoms with van der Waals surface area (Å²) in [6, 6.07) is 10.0. The van der Waals surface area contributed by atoms with Crippen molar-refractivity contribution in [2.75, 3.05) is 5.32 Å². The molecule has 3 rings (SSSR count). The molecule has 0 aliphatic heterocycles. The van der Waals surface area contributed by atoms with Crippen LogP contribution in [0.3, 0.4) is 0 Å². The van der Waals surface area contributed by atoms with Gasteiger partial charge in [0.15, 0.2) is 5.82 Å². The summed E-state index contributed by atoms with van der Waals surface area (Å²) in [5.41, 5.74) is 1.84. The second-order valence-electron chi connectivity index (χ2n) is 5.19. The lowest BCUT2D eigenvalue weighted by Gasteiger charge is -2.09. The van der Waals surface area contributed by atoms with Gasteiger partial charge in [-0.25, -0.2) is 0 Å². The lowest BCUT2D eigenvalue weighted by Crippen LogP contribution is -2.16. The summed E-state index contributed by atoms with van der Waals surface area (Å²) >= 11 is 11.9. The number of nitrogens with zero attached hydrogens (tertiary/aromatic N) is 4. The number of aryl methyl sites for hydroxylation is 2. The third kappa shape index (κ3) is 3.39. The zero-order valence-electron chi connectivity index (χ0n) is 12.9. The summed E-state index contributed by atoms with van der Waals surface area (Å²) in [4.78, 5) is 12.5. The Labute approximate surface area is 148 Å². The summed E-state index contributed by atoms with van der Waals surface area (Å²) in [6.07, 6.45) is 0. The molecule has 8 heteroatoms. The molecule has 1 amide bonds. The van der Waals surface area contributed by atoms with Crippen LogP contribution in [0.15, 0.2) is 36.4 Å². The first-order valence-corrected chi connectivity index (χ1v) is 7.83. The van der Waals surface area contributed by atoms with Crippen LogP contribution in [0.5, 0.6) is 0 Å². The summed E-state index contributed by atoms with van der Waals surface area (Å²) in [5.74, 6) is 0.616.